The molecule has 2 aromatic heterocycles. The van der Waals surface area contributed by atoms with Gasteiger partial charge < -0.3 is 5.11 Å². The molecule has 0 saturated carbocycles. The maximum Gasteiger partial charge on any atom is 0.433 e. The third-order valence-electron chi connectivity index (χ3n) is 2.75. The van der Waals surface area contributed by atoms with Gasteiger partial charge in [0.15, 0.2) is 11.6 Å². The number of carboxylic acids is 1. The van der Waals surface area contributed by atoms with Gasteiger partial charge in [0.2, 0.25) is 0 Å². The van der Waals surface area contributed by atoms with Crippen LogP contribution in [0, 0.1) is 0 Å². The summed E-state index contributed by atoms with van der Waals surface area (Å²) in [5.74, 6) is -1.81. The maximum atomic E-state index is 12.9. The van der Waals surface area contributed by atoms with Gasteiger partial charge in [0, 0.05) is 0 Å². The van der Waals surface area contributed by atoms with Gasteiger partial charge in [0.05, 0.1) is 13.7 Å². The van der Waals surface area contributed by atoms with Crippen molar-refractivity contribution in [2.45, 2.75) is 19.6 Å². The average Bonchev–Trinajstić information content (AvgIpc) is 2.90. The zero-order valence-electron chi connectivity index (χ0n) is 12.6. The molecule has 0 atom stereocenters. The van der Waals surface area contributed by atoms with Crippen LogP contribution < -0.4 is 5.06 Å². The van der Waals surface area contributed by atoms with Crippen molar-refractivity contribution >= 4 is 11.8 Å². The highest BCUT2D eigenvalue weighted by atomic mass is 19.4. The molecule has 12 heteroatoms. The molecule has 0 amide bonds. The number of carboxylic acid groups (broad SMARTS) is 1. The van der Waals surface area contributed by atoms with Crippen molar-refractivity contribution < 1.29 is 27.9 Å². The number of aromatic nitrogens is 5. The van der Waals surface area contributed by atoms with E-state index in [4.69, 9.17) is 4.84 Å². The third-order valence-corrected chi connectivity index (χ3v) is 2.75. The Bertz CT molecular complexity index is 733. The van der Waals surface area contributed by atoms with Crippen molar-refractivity contribution in [3.8, 4) is 0 Å². The van der Waals surface area contributed by atoms with E-state index in [-0.39, 0.29) is 19.0 Å². The first kappa shape index (κ1) is 17.6. The van der Waals surface area contributed by atoms with Gasteiger partial charge in [-0.2, -0.15) is 18.0 Å². The van der Waals surface area contributed by atoms with Gasteiger partial charge in [-0.1, -0.05) is 0 Å². The molecule has 0 aliphatic carbocycles. The topological polar surface area (TPSA) is 106 Å². The number of hydrogen-bond acceptors (Lipinski definition) is 7. The molecule has 2 rings (SSSR count). The summed E-state index contributed by atoms with van der Waals surface area (Å²) in [6.07, 6.45) is -4.73. The van der Waals surface area contributed by atoms with E-state index in [2.05, 4.69) is 20.4 Å². The Labute approximate surface area is 133 Å². The molecule has 0 aliphatic heterocycles. The smallest absolute Gasteiger partial charge is 0.433 e. The lowest BCUT2D eigenvalue weighted by atomic mass is 10.2. The van der Waals surface area contributed by atoms with Crippen LogP contribution in [0.2, 0.25) is 0 Å². The molecule has 0 saturated heterocycles. The normalized spacial score (nSPS) is 11.5. The van der Waals surface area contributed by atoms with Gasteiger partial charge >= 0.3 is 12.1 Å². The molecule has 130 valence electrons. The fraction of sp³-hybridized carbons (Fsp3) is 0.417. The summed E-state index contributed by atoms with van der Waals surface area (Å²) in [5.41, 5.74) is -1.68. The van der Waals surface area contributed by atoms with E-state index in [1.165, 1.54) is 7.05 Å². The predicted octanol–water partition coefficient (Wildman–Crippen LogP) is 1.28. The second-order valence-corrected chi connectivity index (χ2v) is 4.52. The molecule has 24 heavy (non-hydrogen) atoms. The van der Waals surface area contributed by atoms with Gasteiger partial charge in [-0.05, 0) is 24.3 Å². The van der Waals surface area contributed by atoms with E-state index in [0.29, 0.717) is 6.07 Å². The second-order valence-electron chi connectivity index (χ2n) is 4.52. The summed E-state index contributed by atoms with van der Waals surface area (Å²) >= 11 is 0. The zero-order valence-corrected chi connectivity index (χ0v) is 12.6. The van der Waals surface area contributed by atoms with Crippen LogP contribution in [0.1, 0.15) is 28.8 Å². The molecule has 0 spiro atoms. The van der Waals surface area contributed by atoms with Crippen LogP contribution in [-0.2, 0) is 24.6 Å². The van der Waals surface area contributed by atoms with Crippen LogP contribution in [0.15, 0.2) is 12.1 Å². The highest BCUT2D eigenvalue weighted by Crippen LogP contribution is 2.31. The number of tetrazole rings is 1. The SMILES string of the molecule is CCON(Cc1nnn(C)n1)c1nc(C(F)(F)F)ccc1C(=O)O. The van der Waals surface area contributed by atoms with Crippen molar-refractivity contribution in [1.82, 2.24) is 25.2 Å². The van der Waals surface area contributed by atoms with Crippen molar-refractivity contribution in [3.63, 3.8) is 0 Å². The van der Waals surface area contributed by atoms with Crippen LogP contribution in [0.25, 0.3) is 0 Å². The standard InChI is InChI=1S/C12H13F3N6O3/c1-3-24-21(6-9-17-19-20(2)18-9)10-7(11(22)23)4-5-8(16-10)12(13,14)15/h4-5H,3,6H2,1-2H3,(H,22,23). The summed E-state index contributed by atoms with van der Waals surface area (Å²) < 4.78 is 38.6. The first-order valence-electron chi connectivity index (χ1n) is 6.67. The van der Waals surface area contributed by atoms with Crippen LogP contribution in [0.3, 0.4) is 0 Å². The monoisotopic (exact) mass is 346 g/mol. The molecule has 0 radical (unpaired) electrons. The molecule has 0 unspecified atom stereocenters. The Morgan fingerprint density at radius 1 is 1.42 bits per heavy atom. The van der Waals surface area contributed by atoms with Crippen LogP contribution >= 0.6 is 0 Å². The molecule has 9 nitrogen and oxygen atoms in total. The molecule has 0 aromatic carbocycles. The summed E-state index contributed by atoms with van der Waals surface area (Å²) in [7, 11) is 1.51. The van der Waals surface area contributed by atoms with Gasteiger partial charge in [-0.15, -0.1) is 10.2 Å². The van der Waals surface area contributed by atoms with E-state index >= 15 is 0 Å². The highest BCUT2D eigenvalue weighted by molar-refractivity contribution is 5.93. The summed E-state index contributed by atoms with van der Waals surface area (Å²) in [4.78, 5) is 21.1. The van der Waals surface area contributed by atoms with Gasteiger partial charge in [-0.25, -0.2) is 14.8 Å². The Hall–Kier alpha value is -2.76. The molecular formula is C12H13F3N6O3. The van der Waals surface area contributed by atoms with Crippen LogP contribution in [0.5, 0.6) is 0 Å². The van der Waals surface area contributed by atoms with Crippen molar-refractivity contribution in [3.05, 3.63) is 29.2 Å². The second kappa shape index (κ2) is 6.78. The highest BCUT2D eigenvalue weighted by Gasteiger charge is 2.34. The lowest BCUT2D eigenvalue weighted by molar-refractivity contribution is -0.141. The van der Waals surface area contributed by atoms with Gasteiger partial charge in [-0.3, -0.25) is 4.84 Å². The average molecular weight is 346 g/mol. The quantitative estimate of drug-likeness (QED) is 0.780. The van der Waals surface area contributed by atoms with Crippen LogP contribution in [0.4, 0.5) is 19.0 Å². The summed E-state index contributed by atoms with van der Waals surface area (Å²) in [6.45, 7) is 1.43. The third kappa shape index (κ3) is 3.95. The van der Waals surface area contributed by atoms with E-state index in [1.54, 1.807) is 6.92 Å². The molecule has 0 aliphatic rings. The number of anilines is 1. The minimum absolute atomic E-state index is 0.0667. The van der Waals surface area contributed by atoms with Crippen LogP contribution in [-0.4, -0.2) is 42.9 Å². The largest absolute Gasteiger partial charge is 0.478 e. The number of hydrogen-bond donors (Lipinski definition) is 1. The number of aryl methyl sites for hydroxylation is 1. The number of alkyl halides is 3. The molecule has 2 heterocycles. The number of nitrogens with zero attached hydrogens (tertiary/aromatic N) is 6. The molecule has 0 bridgehead atoms. The van der Waals surface area contributed by atoms with Crippen molar-refractivity contribution in [1.29, 1.82) is 0 Å². The van der Waals surface area contributed by atoms with Gasteiger partial charge in [0.1, 0.15) is 17.8 Å². The molecule has 1 N–H and O–H groups in total. The lowest BCUT2D eigenvalue weighted by Gasteiger charge is -2.23. The molecule has 2 aromatic rings. The number of rotatable bonds is 6. The van der Waals surface area contributed by atoms with Gasteiger partial charge in [0.25, 0.3) is 0 Å². The van der Waals surface area contributed by atoms with E-state index in [1.807, 2.05) is 0 Å². The number of aromatic carboxylic acids is 1. The number of carbonyl (C=O) groups is 1. The summed E-state index contributed by atoms with van der Waals surface area (Å²) in [6, 6.07) is 1.42. The van der Waals surface area contributed by atoms with E-state index in [9.17, 15) is 23.1 Å². The predicted molar refractivity (Wildman–Crippen MR) is 72.8 cm³/mol. The number of hydroxylamine groups is 1. The Balaban J connectivity index is 2.47. The van der Waals surface area contributed by atoms with Crippen molar-refractivity contribution in [2.24, 2.45) is 7.05 Å². The first-order valence-corrected chi connectivity index (χ1v) is 6.67. The Morgan fingerprint density at radius 3 is 2.62 bits per heavy atom. The minimum Gasteiger partial charge on any atom is -0.478 e. The number of pyridine rings is 1. The zero-order chi connectivity index (χ0) is 17.9. The minimum atomic E-state index is -4.73. The van der Waals surface area contributed by atoms with E-state index < -0.39 is 29.2 Å². The molecule has 0 fully saturated rings. The summed E-state index contributed by atoms with van der Waals surface area (Å²) in [5, 5.41) is 21.3. The fourth-order valence-electron chi connectivity index (χ4n) is 1.82. The maximum absolute atomic E-state index is 12.9. The molecular weight excluding hydrogens is 333 g/mol. The number of halogens is 3. The Kier molecular flexibility index (Phi) is 4.97. The fourth-order valence-corrected chi connectivity index (χ4v) is 1.82. The first-order chi connectivity index (χ1) is 11.2. The van der Waals surface area contributed by atoms with Crippen molar-refractivity contribution in [2.75, 3.05) is 11.7 Å². The van der Waals surface area contributed by atoms with E-state index in [0.717, 1.165) is 15.9 Å². The Morgan fingerprint density at radius 2 is 2.12 bits per heavy atom. The lowest BCUT2D eigenvalue weighted by Crippen LogP contribution is -2.28.